The summed E-state index contributed by atoms with van der Waals surface area (Å²) in [6, 6.07) is 2.77. The SMILES string of the molecule is B[Si](CC)(CC)C1CCCCO1. The zero-order valence-corrected chi connectivity index (χ0v) is 9.73. The van der Waals surface area contributed by atoms with E-state index in [2.05, 4.69) is 21.3 Å². The van der Waals surface area contributed by atoms with Crippen molar-refractivity contribution < 1.29 is 4.74 Å². The second-order valence-electron chi connectivity index (χ2n) is 4.22. The Hall–Kier alpha value is 0.242. The van der Waals surface area contributed by atoms with Gasteiger partial charge in [0.05, 0.1) is 7.94 Å². The monoisotopic (exact) mass is 184 g/mol. The molecule has 70 valence electrons. The Kier molecular flexibility index (Phi) is 3.85. The van der Waals surface area contributed by atoms with Crippen molar-refractivity contribution in [3.05, 3.63) is 0 Å². The van der Waals surface area contributed by atoms with Gasteiger partial charge in [-0.2, -0.15) is 0 Å². The third-order valence-corrected chi connectivity index (χ3v) is 8.81. The topological polar surface area (TPSA) is 9.23 Å². The van der Waals surface area contributed by atoms with Gasteiger partial charge in [0, 0.05) is 12.3 Å². The van der Waals surface area contributed by atoms with Crippen LogP contribution in [0.25, 0.3) is 0 Å². The van der Waals surface area contributed by atoms with Gasteiger partial charge >= 0.3 is 0 Å². The molecule has 1 atom stereocenters. The van der Waals surface area contributed by atoms with Crippen LogP contribution in [0.4, 0.5) is 0 Å². The standard InChI is InChI=1S/C9H21BOSi/c1-3-12(10,4-2)9-7-5-6-8-11-9/h9H,3-8,10H2,1-2H3. The molecule has 1 heterocycles. The molecule has 0 aliphatic carbocycles. The molecule has 1 fully saturated rings. The van der Waals surface area contributed by atoms with Crippen LogP contribution >= 0.6 is 0 Å². The van der Waals surface area contributed by atoms with Gasteiger partial charge in [-0.05, 0) is 19.3 Å². The predicted molar refractivity (Wildman–Crippen MR) is 58.9 cm³/mol. The Bertz CT molecular complexity index is 130. The summed E-state index contributed by atoms with van der Waals surface area (Å²) in [7, 11) is 1.48. The highest BCUT2D eigenvalue weighted by Gasteiger charge is 2.34. The molecule has 1 aliphatic heterocycles. The lowest BCUT2D eigenvalue weighted by atomic mass is 10.2. The van der Waals surface area contributed by atoms with Crippen LogP contribution in [0.15, 0.2) is 0 Å². The Morgan fingerprint density at radius 3 is 2.42 bits per heavy atom. The lowest BCUT2D eigenvalue weighted by Gasteiger charge is -2.37. The van der Waals surface area contributed by atoms with Gasteiger partial charge < -0.3 is 4.74 Å². The fourth-order valence-electron chi connectivity index (χ4n) is 2.00. The lowest BCUT2D eigenvalue weighted by molar-refractivity contribution is 0.0609. The normalized spacial score (nSPS) is 25.7. The molecule has 0 aromatic rings. The fourth-order valence-corrected chi connectivity index (χ4v) is 4.83. The highest BCUT2D eigenvalue weighted by Crippen LogP contribution is 2.25. The van der Waals surface area contributed by atoms with Gasteiger partial charge in [-0.25, -0.2) is 0 Å². The third kappa shape index (κ3) is 2.13. The minimum Gasteiger partial charge on any atom is -0.382 e. The van der Waals surface area contributed by atoms with Crippen molar-refractivity contribution in [2.75, 3.05) is 6.61 Å². The second-order valence-corrected chi connectivity index (χ2v) is 9.58. The molecular weight excluding hydrogens is 163 g/mol. The molecule has 0 radical (unpaired) electrons. The maximum Gasteiger partial charge on any atom is 0.100 e. The van der Waals surface area contributed by atoms with Gasteiger partial charge in [0.25, 0.3) is 0 Å². The summed E-state index contributed by atoms with van der Waals surface area (Å²) in [6.45, 7) is 5.70. The zero-order chi connectivity index (χ0) is 9.03. The molecule has 3 heteroatoms. The van der Waals surface area contributed by atoms with Crippen molar-refractivity contribution in [3.8, 4) is 0 Å². The molecule has 0 N–H and O–H groups in total. The van der Waals surface area contributed by atoms with E-state index >= 15 is 0 Å². The molecule has 0 saturated carbocycles. The number of rotatable bonds is 3. The molecule has 0 aromatic heterocycles. The zero-order valence-electron chi connectivity index (χ0n) is 8.73. The highest BCUT2D eigenvalue weighted by molar-refractivity contribution is 7.18. The third-order valence-electron chi connectivity index (χ3n) is 3.57. The van der Waals surface area contributed by atoms with Gasteiger partial charge in [0.1, 0.15) is 7.44 Å². The van der Waals surface area contributed by atoms with Crippen molar-refractivity contribution >= 4 is 15.4 Å². The van der Waals surface area contributed by atoms with Gasteiger partial charge in [0.2, 0.25) is 0 Å². The molecule has 1 aliphatic rings. The lowest BCUT2D eigenvalue weighted by Crippen LogP contribution is -2.50. The molecule has 1 saturated heterocycles. The van der Waals surface area contributed by atoms with Crippen molar-refractivity contribution in [1.29, 1.82) is 0 Å². The minimum absolute atomic E-state index is 0.668. The first-order chi connectivity index (χ1) is 5.73. The summed E-state index contributed by atoms with van der Waals surface area (Å²) in [4.78, 5) is 0. The molecule has 1 unspecified atom stereocenters. The first kappa shape index (κ1) is 10.3. The van der Waals surface area contributed by atoms with Gasteiger partial charge in [-0.1, -0.05) is 25.9 Å². The first-order valence-electron chi connectivity index (χ1n) is 5.34. The Morgan fingerprint density at radius 2 is 2.00 bits per heavy atom. The van der Waals surface area contributed by atoms with Crippen LogP contribution in [0.1, 0.15) is 33.1 Å². The van der Waals surface area contributed by atoms with Crippen LogP contribution in [-0.2, 0) is 4.74 Å². The van der Waals surface area contributed by atoms with E-state index in [0.717, 1.165) is 6.61 Å². The van der Waals surface area contributed by atoms with E-state index in [9.17, 15) is 0 Å². The average molecular weight is 184 g/mol. The van der Waals surface area contributed by atoms with Gasteiger partial charge in [-0.15, -0.1) is 0 Å². The number of hydrogen-bond donors (Lipinski definition) is 0. The molecular formula is C9H21BOSi. The van der Waals surface area contributed by atoms with Crippen LogP contribution in [0.2, 0.25) is 12.1 Å². The summed E-state index contributed by atoms with van der Waals surface area (Å²) in [5.74, 6) is 0. The molecule has 0 amide bonds. The van der Waals surface area contributed by atoms with E-state index < -0.39 is 7.94 Å². The molecule has 0 spiro atoms. The van der Waals surface area contributed by atoms with Crippen LogP contribution in [0.5, 0.6) is 0 Å². The van der Waals surface area contributed by atoms with Crippen molar-refractivity contribution in [2.24, 2.45) is 0 Å². The number of hydrogen-bond acceptors (Lipinski definition) is 1. The van der Waals surface area contributed by atoms with Crippen LogP contribution in [0, 0.1) is 0 Å². The fraction of sp³-hybridized carbons (Fsp3) is 1.00. The summed E-state index contributed by atoms with van der Waals surface area (Å²) >= 11 is 0. The minimum atomic E-state index is -1.02. The highest BCUT2D eigenvalue weighted by atomic mass is 28.3. The van der Waals surface area contributed by atoms with E-state index in [1.54, 1.807) is 0 Å². The predicted octanol–water partition coefficient (Wildman–Crippen LogP) is 1.71. The van der Waals surface area contributed by atoms with Crippen LogP contribution in [0.3, 0.4) is 0 Å². The van der Waals surface area contributed by atoms with E-state index in [4.69, 9.17) is 4.74 Å². The quantitative estimate of drug-likeness (QED) is 0.607. The smallest absolute Gasteiger partial charge is 0.100 e. The average Bonchev–Trinajstić information content (AvgIpc) is 2.18. The van der Waals surface area contributed by atoms with Crippen LogP contribution < -0.4 is 0 Å². The summed E-state index contributed by atoms with van der Waals surface area (Å²) < 4.78 is 5.89. The molecule has 12 heavy (non-hydrogen) atoms. The van der Waals surface area contributed by atoms with Crippen molar-refractivity contribution in [3.63, 3.8) is 0 Å². The van der Waals surface area contributed by atoms with E-state index in [1.165, 1.54) is 31.4 Å². The Balaban J connectivity index is 2.51. The maximum atomic E-state index is 5.89. The molecule has 0 bridgehead atoms. The van der Waals surface area contributed by atoms with Gasteiger partial charge in [0.15, 0.2) is 0 Å². The summed E-state index contributed by atoms with van der Waals surface area (Å²) in [5.41, 5.74) is 0.668. The van der Waals surface area contributed by atoms with Crippen molar-refractivity contribution in [2.45, 2.75) is 50.9 Å². The van der Waals surface area contributed by atoms with E-state index in [1.807, 2.05) is 0 Å². The largest absolute Gasteiger partial charge is 0.382 e. The maximum absolute atomic E-state index is 5.89. The molecule has 1 rings (SSSR count). The Labute approximate surface area is 78.2 Å². The summed E-state index contributed by atoms with van der Waals surface area (Å²) in [5, 5.41) is 0. The molecule has 0 aromatic carbocycles. The number of ether oxygens (including phenoxy) is 1. The van der Waals surface area contributed by atoms with Crippen molar-refractivity contribution in [1.82, 2.24) is 0 Å². The van der Waals surface area contributed by atoms with Gasteiger partial charge in [-0.3, -0.25) is 0 Å². The summed E-state index contributed by atoms with van der Waals surface area (Å²) in [6.07, 6.45) is 4.02. The van der Waals surface area contributed by atoms with E-state index in [0.29, 0.717) is 5.73 Å². The Morgan fingerprint density at radius 1 is 1.33 bits per heavy atom. The van der Waals surface area contributed by atoms with Crippen LogP contribution in [-0.4, -0.2) is 27.7 Å². The molecule has 1 nitrogen and oxygen atoms in total. The van der Waals surface area contributed by atoms with E-state index in [-0.39, 0.29) is 0 Å². The second kappa shape index (κ2) is 4.47. The first-order valence-corrected chi connectivity index (χ1v) is 8.33.